The lowest BCUT2D eigenvalue weighted by Gasteiger charge is -2.15. The zero-order valence-electron chi connectivity index (χ0n) is 10.3. The summed E-state index contributed by atoms with van der Waals surface area (Å²) < 4.78 is 10.7. The van der Waals surface area contributed by atoms with E-state index in [1.807, 2.05) is 32.1 Å². The van der Waals surface area contributed by atoms with E-state index < -0.39 is 0 Å². The van der Waals surface area contributed by atoms with Gasteiger partial charge in [-0.2, -0.15) is 0 Å². The van der Waals surface area contributed by atoms with Crippen LogP contribution in [-0.4, -0.2) is 20.8 Å². The number of benzene rings is 1. The van der Waals surface area contributed by atoms with Gasteiger partial charge in [0.15, 0.2) is 0 Å². The van der Waals surface area contributed by atoms with Crippen molar-refractivity contribution in [1.82, 2.24) is 0 Å². The van der Waals surface area contributed by atoms with Crippen LogP contribution in [0.4, 0.5) is 0 Å². The molecule has 1 aromatic rings. The second-order valence-corrected chi connectivity index (χ2v) is 3.61. The highest BCUT2D eigenvalue weighted by molar-refractivity contribution is 5.66. The Morgan fingerprint density at radius 2 is 1.94 bits per heavy atom. The number of aryl methyl sites for hydroxylation is 1. The van der Waals surface area contributed by atoms with Crippen molar-refractivity contribution in [2.24, 2.45) is 5.73 Å². The number of hydrogen-bond acceptors (Lipinski definition) is 3. The zero-order chi connectivity index (χ0) is 12.1. The first-order valence-electron chi connectivity index (χ1n) is 5.24. The molecule has 0 saturated heterocycles. The fraction of sp³-hybridized carbons (Fsp3) is 0.385. The first-order chi connectivity index (χ1) is 7.65. The van der Waals surface area contributed by atoms with Crippen LogP contribution in [0.2, 0.25) is 0 Å². The van der Waals surface area contributed by atoms with Crippen molar-refractivity contribution >= 4 is 6.08 Å². The van der Waals surface area contributed by atoms with Crippen LogP contribution in [0.3, 0.4) is 0 Å². The van der Waals surface area contributed by atoms with Gasteiger partial charge in [-0.05, 0) is 25.5 Å². The predicted octanol–water partition coefficient (Wildman–Crippen LogP) is 2.29. The van der Waals surface area contributed by atoms with Crippen LogP contribution in [0.15, 0.2) is 12.1 Å². The summed E-state index contributed by atoms with van der Waals surface area (Å²) in [6, 6.07) is 2.01. The highest BCUT2D eigenvalue weighted by Gasteiger charge is 2.12. The molecule has 0 bridgehead atoms. The van der Waals surface area contributed by atoms with Crippen LogP contribution in [0.1, 0.15) is 16.7 Å². The Bertz CT molecular complexity index is 397. The summed E-state index contributed by atoms with van der Waals surface area (Å²) in [4.78, 5) is 0. The molecule has 3 heteroatoms. The van der Waals surface area contributed by atoms with Gasteiger partial charge in [0.1, 0.15) is 11.5 Å². The van der Waals surface area contributed by atoms with Crippen molar-refractivity contribution in [3.05, 3.63) is 28.8 Å². The molecule has 0 aliphatic heterocycles. The normalized spacial score (nSPS) is 10.8. The molecule has 0 unspecified atom stereocenters. The molecular formula is C13H19NO2. The van der Waals surface area contributed by atoms with Gasteiger partial charge >= 0.3 is 0 Å². The highest BCUT2D eigenvalue weighted by atomic mass is 16.5. The van der Waals surface area contributed by atoms with Gasteiger partial charge in [0.25, 0.3) is 0 Å². The van der Waals surface area contributed by atoms with Crippen molar-refractivity contribution in [2.75, 3.05) is 20.8 Å². The van der Waals surface area contributed by atoms with Crippen LogP contribution in [0.25, 0.3) is 6.08 Å². The third kappa shape index (κ3) is 2.36. The average molecular weight is 221 g/mol. The molecule has 1 rings (SSSR count). The number of hydrogen-bond donors (Lipinski definition) is 1. The summed E-state index contributed by atoms with van der Waals surface area (Å²) in [6.45, 7) is 4.53. The summed E-state index contributed by atoms with van der Waals surface area (Å²) in [5.41, 5.74) is 8.64. The second kappa shape index (κ2) is 5.56. The minimum atomic E-state index is 0.521. The smallest absolute Gasteiger partial charge is 0.132 e. The van der Waals surface area contributed by atoms with Gasteiger partial charge in [-0.15, -0.1) is 0 Å². The van der Waals surface area contributed by atoms with Gasteiger partial charge in [0, 0.05) is 17.7 Å². The molecular weight excluding hydrogens is 202 g/mol. The molecule has 0 aliphatic rings. The lowest BCUT2D eigenvalue weighted by atomic mass is 10.0. The maximum atomic E-state index is 5.46. The van der Waals surface area contributed by atoms with E-state index >= 15 is 0 Å². The van der Waals surface area contributed by atoms with Gasteiger partial charge in [-0.3, -0.25) is 0 Å². The number of rotatable bonds is 4. The van der Waals surface area contributed by atoms with E-state index in [1.165, 1.54) is 0 Å². The molecule has 0 fully saturated rings. The summed E-state index contributed by atoms with van der Waals surface area (Å²) >= 11 is 0. The van der Waals surface area contributed by atoms with Crippen LogP contribution in [0.5, 0.6) is 11.5 Å². The Hall–Kier alpha value is -1.48. The second-order valence-electron chi connectivity index (χ2n) is 3.61. The number of nitrogens with two attached hydrogens (primary N) is 1. The lowest BCUT2D eigenvalue weighted by molar-refractivity contribution is 0.387. The molecule has 0 saturated carbocycles. The molecule has 1 aromatic carbocycles. The van der Waals surface area contributed by atoms with Gasteiger partial charge in [0.05, 0.1) is 14.2 Å². The van der Waals surface area contributed by atoms with Gasteiger partial charge in [0.2, 0.25) is 0 Å². The van der Waals surface area contributed by atoms with E-state index in [2.05, 4.69) is 0 Å². The van der Waals surface area contributed by atoms with Crippen molar-refractivity contribution in [3.8, 4) is 11.5 Å². The van der Waals surface area contributed by atoms with Crippen LogP contribution in [-0.2, 0) is 0 Å². The molecule has 0 heterocycles. The standard InChI is InChI=1S/C13H19NO2/c1-9-8-12(15-3)10(2)13(16-4)11(9)6-5-7-14/h5-6,8H,7,14H2,1-4H3/b6-5+. The van der Waals surface area contributed by atoms with Crippen molar-refractivity contribution in [1.29, 1.82) is 0 Å². The third-order valence-corrected chi connectivity index (χ3v) is 2.57. The van der Waals surface area contributed by atoms with E-state index in [-0.39, 0.29) is 0 Å². The minimum Gasteiger partial charge on any atom is -0.496 e. The van der Waals surface area contributed by atoms with E-state index in [1.54, 1.807) is 14.2 Å². The SMILES string of the molecule is COc1cc(C)c(/C=C/CN)c(OC)c1C. The van der Waals surface area contributed by atoms with Gasteiger partial charge in [-0.1, -0.05) is 12.2 Å². The topological polar surface area (TPSA) is 44.5 Å². The Morgan fingerprint density at radius 1 is 1.25 bits per heavy atom. The zero-order valence-corrected chi connectivity index (χ0v) is 10.3. The molecule has 88 valence electrons. The predicted molar refractivity (Wildman–Crippen MR) is 67.1 cm³/mol. The Balaban J connectivity index is 3.36. The quantitative estimate of drug-likeness (QED) is 0.848. The molecule has 16 heavy (non-hydrogen) atoms. The number of ether oxygens (including phenoxy) is 2. The maximum absolute atomic E-state index is 5.46. The maximum Gasteiger partial charge on any atom is 0.132 e. The number of methoxy groups -OCH3 is 2. The molecule has 0 aromatic heterocycles. The monoisotopic (exact) mass is 221 g/mol. The molecule has 0 atom stereocenters. The third-order valence-electron chi connectivity index (χ3n) is 2.57. The van der Waals surface area contributed by atoms with E-state index in [4.69, 9.17) is 15.2 Å². The van der Waals surface area contributed by atoms with E-state index in [9.17, 15) is 0 Å². The van der Waals surface area contributed by atoms with Crippen molar-refractivity contribution in [2.45, 2.75) is 13.8 Å². The van der Waals surface area contributed by atoms with E-state index in [0.29, 0.717) is 6.54 Å². The fourth-order valence-corrected chi connectivity index (χ4v) is 1.74. The van der Waals surface area contributed by atoms with Crippen LogP contribution >= 0.6 is 0 Å². The van der Waals surface area contributed by atoms with E-state index in [0.717, 1.165) is 28.2 Å². The average Bonchev–Trinajstić information content (AvgIpc) is 2.29. The summed E-state index contributed by atoms with van der Waals surface area (Å²) in [5.74, 6) is 1.70. The summed E-state index contributed by atoms with van der Waals surface area (Å²) in [5, 5.41) is 0. The Labute approximate surface area is 96.9 Å². The lowest BCUT2D eigenvalue weighted by Crippen LogP contribution is -1.98. The fourth-order valence-electron chi connectivity index (χ4n) is 1.74. The molecule has 0 aliphatic carbocycles. The molecule has 3 nitrogen and oxygen atoms in total. The molecule has 2 N–H and O–H groups in total. The molecule has 0 radical (unpaired) electrons. The largest absolute Gasteiger partial charge is 0.496 e. The summed E-state index contributed by atoms with van der Waals surface area (Å²) in [7, 11) is 3.33. The van der Waals surface area contributed by atoms with Crippen molar-refractivity contribution < 1.29 is 9.47 Å². The summed E-state index contributed by atoms with van der Waals surface area (Å²) in [6.07, 6.45) is 3.90. The van der Waals surface area contributed by atoms with Crippen LogP contribution < -0.4 is 15.2 Å². The van der Waals surface area contributed by atoms with Crippen molar-refractivity contribution in [3.63, 3.8) is 0 Å². The molecule has 0 spiro atoms. The Kier molecular flexibility index (Phi) is 4.38. The molecule has 0 amide bonds. The Morgan fingerprint density at radius 3 is 2.44 bits per heavy atom. The van der Waals surface area contributed by atoms with Gasteiger partial charge < -0.3 is 15.2 Å². The van der Waals surface area contributed by atoms with Gasteiger partial charge in [-0.25, -0.2) is 0 Å². The van der Waals surface area contributed by atoms with Crippen LogP contribution in [0, 0.1) is 13.8 Å². The highest BCUT2D eigenvalue weighted by Crippen LogP contribution is 2.34. The first kappa shape index (κ1) is 12.6. The minimum absolute atomic E-state index is 0.521. The first-order valence-corrected chi connectivity index (χ1v) is 5.24.